The van der Waals surface area contributed by atoms with Crippen LogP contribution in [0.4, 0.5) is 4.39 Å². The van der Waals surface area contributed by atoms with Crippen molar-refractivity contribution >= 4 is 21.8 Å². The standard InChI is InChI=1S/C15H20BrFN2O/c1-2-19(10-11-5-4-8-18-9-11)15(20)12-6-3-7-13(16)14(12)17/h3,6-7,11,18H,2,4-5,8-10H2,1H3. The Kier molecular flexibility index (Phi) is 5.54. The predicted octanol–water partition coefficient (Wildman–Crippen LogP) is 3.05. The third kappa shape index (κ3) is 3.58. The Hall–Kier alpha value is -0.940. The number of halogens is 2. The van der Waals surface area contributed by atoms with Crippen LogP contribution in [-0.2, 0) is 0 Å². The summed E-state index contributed by atoms with van der Waals surface area (Å²) in [5.74, 6) is -0.238. The number of nitrogens with zero attached hydrogens (tertiary/aromatic N) is 1. The van der Waals surface area contributed by atoms with Crippen molar-refractivity contribution in [2.45, 2.75) is 19.8 Å². The Labute approximate surface area is 127 Å². The molecule has 1 aliphatic heterocycles. The molecule has 0 aromatic heterocycles. The second-order valence-corrected chi connectivity index (χ2v) is 6.01. The van der Waals surface area contributed by atoms with E-state index in [-0.39, 0.29) is 11.5 Å². The van der Waals surface area contributed by atoms with E-state index >= 15 is 0 Å². The number of hydrogen-bond acceptors (Lipinski definition) is 2. The van der Waals surface area contributed by atoms with Crippen LogP contribution in [0.3, 0.4) is 0 Å². The fourth-order valence-electron chi connectivity index (χ4n) is 2.59. The van der Waals surface area contributed by atoms with Gasteiger partial charge in [-0.2, -0.15) is 0 Å². The Morgan fingerprint density at radius 3 is 3.00 bits per heavy atom. The highest BCUT2D eigenvalue weighted by Crippen LogP contribution is 2.21. The molecule has 1 aromatic carbocycles. The third-order valence-corrected chi connectivity index (χ3v) is 4.34. The molecule has 0 bridgehead atoms. The van der Waals surface area contributed by atoms with Gasteiger partial charge in [0.2, 0.25) is 0 Å². The zero-order valence-electron chi connectivity index (χ0n) is 11.7. The predicted molar refractivity (Wildman–Crippen MR) is 81.3 cm³/mol. The van der Waals surface area contributed by atoms with Crippen molar-refractivity contribution < 1.29 is 9.18 Å². The van der Waals surface area contributed by atoms with Crippen molar-refractivity contribution in [3.05, 3.63) is 34.1 Å². The second kappa shape index (κ2) is 7.18. The van der Waals surface area contributed by atoms with Gasteiger partial charge in [-0.25, -0.2) is 4.39 Å². The highest BCUT2D eigenvalue weighted by Gasteiger charge is 2.23. The number of carbonyl (C=O) groups is 1. The molecule has 5 heteroatoms. The van der Waals surface area contributed by atoms with Gasteiger partial charge in [-0.05, 0) is 66.8 Å². The topological polar surface area (TPSA) is 32.3 Å². The van der Waals surface area contributed by atoms with Gasteiger partial charge in [0.15, 0.2) is 0 Å². The fraction of sp³-hybridized carbons (Fsp3) is 0.533. The molecule has 110 valence electrons. The molecular weight excluding hydrogens is 323 g/mol. The number of nitrogens with one attached hydrogen (secondary N) is 1. The Balaban J connectivity index is 2.10. The largest absolute Gasteiger partial charge is 0.339 e. The summed E-state index contributed by atoms with van der Waals surface area (Å²) in [7, 11) is 0. The first-order valence-corrected chi connectivity index (χ1v) is 7.86. The molecule has 0 saturated carbocycles. The van der Waals surface area contributed by atoms with Gasteiger partial charge < -0.3 is 10.2 Å². The fourth-order valence-corrected chi connectivity index (χ4v) is 2.95. The van der Waals surface area contributed by atoms with Crippen molar-refractivity contribution in [1.29, 1.82) is 0 Å². The van der Waals surface area contributed by atoms with Gasteiger partial charge in [-0.1, -0.05) is 6.07 Å². The van der Waals surface area contributed by atoms with E-state index in [4.69, 9.17) is 0 Å². The minimum atomic E-state index is -0.474. The summed E-state index contributed by atoms with van der Waals surface area (Å²) < 4.78 is 14.4. The van der Waals surface area contributed by atoms with Gasteiger partial charge in [-0.3, -0.25) is 4.79 Å². The van der Waals surface area contributed by atoms with Crippen LogP contribution in [0.15, 0.2) is 22.7 Å². The summed E-state index contributed by atoms with van der Waals surface area (Å²) in [4.78, 5) is 14.2. The molecule has 1 N–H and O–H groups in total. The monoisotopic (exact) mass is 342 g/mol. The Morgan fingerprint density at radius 2 is 2.35 bits per heavy atom. The second-order valence-electron chi connectivity index (χ2n) is 5.16. The van der Waals surface area contributed by atoms with Gasteiger partial charge in [-0.15, -0.1) is 0 Å². The summed E-state index contributed by atoms with van der Waals surface area (Å²) in [6.07, 6.45) is 2.26. The maximum absolute atomic E-state index is 14.0. The molecule has 2 rings (SSSR count). The van der Waals surface area contributed by atoms with E-state index in [1.165, 1.54) is 0 Å². The lowest BCUT2D eigenvalue weighted by atomic mass is 9.98. The van der Waals surface area contributed by atoms with E-state index in [1.807, 2.05) is 6.92 Å². The van der Waals surface area contributed by atoms with Crippen LogP contribution in [0, 0.1) is 11.7 Å². The van der Waals surface area contributed by atoms with E-state index in [1.54, 1.807) is 23.1 Å². The van der Waals surface area contributed by atoms with Gasteiger partial charge in [0.05, 0.1) is 10.0 Å². The van der Waals surface area contributed by atoms with E-state index in [0.29, 0.717) is 23.5 Å². The number of rotatable bonds is 4. The Morgan fingerprint density at radius 1 is 1.55 bits per heavy atom. The van der Waals surface area contributed by atoms with E-state index in [2.05, 4.69) is 21.2 Å². The maximum atomic E-state index is 14.0. The third-order valence-electron chi connectivity index (χ3n) is 3.73. The minimum absolute atomic E-state index is 0.144. The summed E-state index contributed by atoms with van der Waals surface area (Å²) in [5.41, 5.74) is 0.144. The quantitative estimate of drug-likeness (QED) is 0.911. The van der Waals surface area contributed by atoms with E-state index in [0.717, 1.165) is 25.9 Å². The van der Waals surface area contributed by atoms with Crippen molar-refractivity contribution in [2.75, 3.05) is 26.2 Å². The van der Waals surface area contributed by atoms with Gasteiger partial charge >= 0.3 is 0 Å². The SMILES string of the molecule is CCN(CC1CCCNC1)C(=O)c1cccc(Br)c1F. The lowest BCUT2D eigenvalue weighted by Crippen LogP contribution is -2.41. The molecule has 0 aliphatic carbocycles. The molecule has 0 spiro atoms. The van der Waals surface area contributed by atoms with E-state index in [9.17, 15) is 9.18 Å². The lowest BCUT2D eigenvalue weighted by Gasteiger charge is -2.29. The summed E-state index contributed by atoms with van der Waals surface area (Å²) in [6.45, 7) is 5.21. The molecule has 1 aliphatic rings. The molecule has 0 radical (unpaired) electrons. The Bertz CT molecular complexity index is 475. The van der Waals surface area contributed by atoms with Crippen LogP contribution in [0.5, 0.6) is 0 Å². The lowest BCUT2D eigenvalue weighted by molar-refractivity contribution is 0.0724. The van der Waals surface area contributed by atoms with Crippen LogP contribution in [0.25, 0.3) is 0 Å². The molecular formula is C15H20BrFN2O. The number of piperidine rings is 1. The zero-order chi connectivity index (χ0) is 14.5. The number of carbonyl (C=O) groups excluding carboxylic acids is 1. The summed E-state index contributed by atoms with van der Waals surface area (Å²) in [6, 6.07) is 4.84. The summed E-state index contributed by atoms with van der Waals surface area (Å²) >= 11 is 3.13. The van der Waals surface area contributed by atoms with Crippen molar-refractivity contribution in [2.24, 2.45) is 5.92 Å². The average molecular weight is 343 g/mol. The number of hydrogen-bond donors (Lipinski definition) is 1. The molecule has 1 unspecified atom stereocenters. The zero-order valence-corrected chi connectivity index (χ0v) is 13.2. The maximum Gasteiger partial charge on any atom is 0.256 e. The highest BCUT2D eigenvalue weighted by molar-refractivity contribution is 9.10. The minimum Gasteiger partial charge on any atom is -0.339 e. The molecule has 1 saturated heterocycles. The van der Waals surface area contributed by atoms with Crippen LogP contribution < -0.4 is 5.32 Å². The molecule has 1 amide bonds. The first-order chi connectivity index (χ1) is 9.63. The van der Waals surface area contributed by atoms with Crippen LogP contribution >= 0.6 is 15.9 Å². The molecule has 1 aromatic rings. The van der Waals surface area contributed by atoms with Crippen molar-refractivity contribution in [3.8, 4) is 0 Å². The van der Waals surface area contributed by atoms with Crippen LogP contribution in [0.2, 0.25) is 0 Å². The highest BCUT2D eigenvalue weighted by atomic mass is 79.9. The average Bonchev–Trinajstić information content (AvgIpc) is 2.48. The van der Waals surface area contributed by atoms with E-state index < -0.39 is 5.82 Å². The first-order valence-electron chi connectivity index (χ1n) is 7.07. The van der Waals surface area contributed by atoms with Crippen molar-refractivity contribution in [1.82, 2.24) is 10.2 Å². The van der Waals surface area contributed by atoms with Gasteiger partial charge in [0, 0.05) is 13.1 Å². The van der Waals surface area contributed by atoms with Crippen molar-refractivity contribution in [3.63, 3.8) is 0 Å². The first kappa shape index (κ1) is 15.4. The normalized spacial score (nSPS) is 18.9. The van der Waals surface area contributed by atoms with Gasteiger partial charge in [0.1, 0.15) is 5.82 Å². The molecule has 1 fully saturated rings. The smallest absolute Gasteiger partial charge is 0.256 e. The number of amides is 1. The molecule has 1 heterocycles. The number of benzene rings is 1. The summed E-state index contributed by atoms with van der Waals surface area (Å²) in [5, 5.41) is 3.34. The van der Waals surface area contributed by atoms with Crippen LogP contribution in [-0.4, -0.2) is 37.0 Å². The van der Waals surface area contributed by atoms with Crippen LogP contribution in [0.1, 0.15) is 30.1 Å². The van der Waals surface area contributed by atoms with Gasteiger partial charge in [0.25, 0.3) is 5.91 Å². The molecule has 1 atom stereocenters. The molecule has 20 heavy (non-hydrogen) atoms. The molecule has 3 nitrogen and oxygen atoms in total.